The molecule has 0 bridgehead atoms. The Kier molecular flexibility index (Phi) is 5.38. The number of hydrogen-bond donors (Lipinski definition) is 1. The zero-order valence-corrected chi connectivity index (χ0v) is 15.9. The lowest BCUT2D eigenvalue weighted by atomic mass is 9.96. The van der Waals surface area contributed by atoms with Crippen LogP contribution < -0.4 is 14.2 Å². The second-order valence-electron chi connectivity index (χ2n) is 6.84. The summed E-state index contributed by atoms with van der Waals surface area (Å²) < 4.78 is 17.9. The summed E-state index contributed by atoms with van der Waals surface area (Å²) in [6.45, 7) is 2.99. The van der Waals surface area contributed by atoms with Gasteiger partial charge in [0.05, 0.1) is 6.61 Å². The molecule has 1 unspecified atom stereocenters. The molecule has 0 fully saturated rings. The summed E-state index contributed by atoms with van der Waals surface area (Å²) in [7, 11) is 0. The second-order valence-corrected chi connectivity index (χ2v) is 6.84. The lowest BCUT2D eigenvalue weighted by molar-refractivity contribution is 0.169. The fraction of sp³-hybridized carbons (Fsp3) is 0.250. The first-order chi connectivity index (χ1) is 13.7. The summed E-state index contributed by atoms with van der Waals surface area (Å²) in [5.74, 6) is 2.50. The third-order valence-corrected chi connectivity index (χ3v) is 4.88. The highest BCUT2D eigenvalue weighted by molar-refractivity contribution is 5.46. The van der Waals surface area contributed by atoms with E-state index in [1.807, 2.05) is 55.5 Å². The number of ether oxygens (including phenoxy) is 3. The first-order valence-corrected chi connectivity index (χ1v) is 9.65. The molecule has 4 rings (SSSR count). The van der Waals surface area contributed by atoms with Gasteiger partial charge in [-0.3, -0.25) is 0 Å². The zero-order chi connectivity index (χ0) is 19.3. The van der Waals surface area contributed by atoms with Gasteiger partial charge in [-0.15, -0.1) is 0 Å². The lowest BCUT2D eigenvalue weighted by Crippen LogP contribution is -2.16. The molecule has 0 radical (unpaired) electrons. The van der Waals surface area contributed by atoms with E-state index in [1.165, 1.54) is 5.56 Å². The molecule has 28 heavy (non-hydrogen) atoms. The molecule has 1 atom stereocenters. The normalized spacial score (nSPS) is 15.4. The van der Waals surface area contributed by atoms with Crippen molar-refractivity contribution in [2.24, 2.45) is 0 Å². The Morgan fingerprint density at radius 2 is 1.86 bits per heavy atom. The third kappa shape index (κ3) is 4.06. The highest BCUT2D eigenvalue weighted by atomic mass is 16.5. The zero-order valence-electron chi connectivity index (χ0n) is 15.9. The maximum atomic E-state index is 9.77. The van der Waals surface area contributed by atoms with Crippen molar-refractivity contribution in [2.75, 3.05) is 6.61 Å². The number of aryl methyl sites for hydroxylation is 1. The van der Waals surface area contributed by atoms with Gasteiger partial charge in [-0.2, -0.15) is 0 Å². The van der Waals surface area contributed by atoms with Crippen LogP contribution in [0.15, 0.2) is 66.7 Å². The number of rotatable bonds is 6. The van der Waals surface area contributed by atoms with E-state index < -0.39 is 0 Å². The van der Waals surface area contributed by atoms with E-state index in [4.69, 9.17) is 14.2 Å². The van der Waals surface area contributed by atoms with Crippen LogP contribution in [0.2, 0.25) is 0 Å². The van der Waals surface area contributed by atoms with Crippen molar-refractivity contribution in [2.45, 2.75) is 32.5 Å². The van der Waals surface area contributed by atoms with Crippen molar-refractivity contribution in [3.05, 3.63) is 83.4 Å². The van der Waals surface area contributed by atoms with Crippen LogP contribution in [-0.4, -0.2) is 11.7 Å². The highest BCUT2D eigenvalue weighted by Gasteiger charge is 2.25. The van der Waals surface area contributed by atoms with Crippen LogP contribution in [0.1, 0.15) is 36.1 Å². The summed E-state index contributed by atoms with van der Waals surface area (Å²) in [4.78, 5) is 0. The van der Waals surface area contributed by atoms with Crippen LogP contribution in [0.25, 0.3) is 0 Å². The smallest absolute Gasteiger partial charge is 0.129 e. The van der Waals surface area contributed by atoms with Crippen molar-refractivity contribution in [1.82, 2.24) is 0 Å². The van der Waals surface area contributed by atoms with E-state index in [9.17, 15) is 5.11 Å². The van der Waals surface area contributed by atoms with Crippen molar-refractivity contribution in [3.63, 3.8) is 0 Å². The lowest BCUT2D eigenvalue weighted by Gasteiger charge is -2.28. The van der Waals surface area contributed by atoms with E-state index in [2.05, 4.69) is 6.07 Å². The molecule has 0 amide bonds. The Hall–Kier alpha value is -3.14. The van der Waals surface area contributed by atoms with Crippen molar-refractivity contribution in [3.8, 4) is 23.0 Å². The predicted octanol–water partition coefficient (Wildman–Crippen LogP) is 5.44. The molecule has 1 heterocycles. The molecule has 0 aliphatic carbocycles. The topological polar surface area (TPSA) is 47.9 Å². The SMILES string of the molecule is CCOc1cc(O)ccc1C1CCc2ccc(OCc3ccccc3)cc2O1. The van der Waals surface area contributed by atoms with Gasteiger partial charge >= 0.3 is 0 Å². The van der Waals surface area contributed by atoms with Gasteiger partial charge in [0, 0.05) is 17.7 Å². The van der Waals surface area contributed by atoms with Crippen molar-refractivity contribution < 1.29 is 19.3 Å². The number of phenols is 1. The minimum atomic E-state index is -0.112. The average molecular weight is 376 g/mol. The fourth-order valence-corrected chi connectivity index (χ4v) is 3.47. The van der Waals surface area contributed by atoms with Crippen LogP contribution in [-0.2, 0) is 13.0 Å². The van der Waals surface area contributed by atoms with Crippen LogP contribution in [0.4, 0.5) is 0 Å². The standard InChI is InChI=1S/C24H24O4/c1-2-26-24-14-19(25)10-12-21(24)22-13-9-18-8-11-20(15-23(18)28-22)27-16-17-6-4-3-5-7-17/h3-8,10-12,14-15,22,25H,2,9,13,16H2,1H3. The molecule has 3 aromatic carbocycles. The van der Waals surface area contributed by atoms with E-state index in [1.54, 1.807) is 12.1 Å². The minimum Gasteiger partial charge on any atom is -0.508 e. The molecule has 144 valence electrons. The Labute approximate surface area is 165 Å². The molecule has 1 aliphatic heterocycles. The van der Waals surface area contributed by atoms with E-state index in [-0.39, 0.29) is 11.9 Å². The number of fused-ring (bicyclic) bond motifs is 1. The van der Waals surface area contributed by atoms with Gasteiger partial charge in [-0.25, -0.2) is 0 Å². The summed E-state index contributed by atoms with van der Waals surface area (Å²) >= 11 is 0. The molecule has 1 aliphatic rings. The summed E-state index contributed by atoms with van der Waals surface area (Å²) in [6.07, 6.45) is 1.67. The molecular formula is C24H24O4. The van der Waals surface area contributed by atoms with E-state index >= 15 is 0 Å². The molecule has 0 saturated heterocycles. The molecule has 0 spiro atoms. The maximum Gasteiger partial charge on any atom is 0.129 e. The van der Waals surface area contributed by atoms with Crippen molar-refractivity contribution >= 4 is 0 Å². The summed E-state index contributed by atoms with van der Waals surface area (Å²) in [5.41, 5.74) is 3.27. The van der Waals surface area contributed by atoms with Gasteiger partial charge in [0.25, 0.3) is 0 Å². The van der Waals surface area contributed by atoms with E-state index in [0.717, 1.165) is 35.5 Å². The fourth-order valence-electron chi connectivity index (χ4n) is 3.47. The van der Waals surface area contributed by atoms with Gasteiger partial charge in [0.1, 0.15) is 35.7 Å². The molecule has 4 nitrogen and oxygen atoms in total. The Bertz CT molecular complexity index is 937. The minimum absolute atomic E-state index is 0.112. The van der Waals surface area contributed by atoms with Crippen LogP contribution in [0.3, 0.4) is 0 Å². The molecule has 0 saturated carbocycles. The summed E-state index contributed by atoms with van der Waals surface area (Å²) in [6, 6.07) is 21.3. The van der Waals surface area contributed by atoms with Gasteiger partial charge in [-0.1, -0.05) is 36.4 Å². The second kappa shape index (κ2) is 8.26. The first-order valence-electron chi connectivity index (χ1n) is 9.65. The van der Waals surface area contributed by atoms with Gasteiger partial charge in [0.15, 0.2) is 0 Å². The van der Waals surface area contributed by atoms with Crippen LogP contribution >= 0.6 is 0 Å². The number of phenolic OH excluding ortho intramolecular Hbond substituents is 1. The first kappa shape index (κ1) is 18.2. The van der Waals surface area contributed by atoms with Gasteiger partial charge in [-0.05, 0) is 49.1 Å². The molecule has 1 N–H and O–H groups in total. The predicted molar refractivity (Wildman–Crippen MR) is 108 cm³/mol. The van der Waals surface area contributed by atoms with Crippen LogP contribution in [0.5, 0.6) is 23.0 Å². The molecule has 4 heteroatoms. The highest BCUT2D eigenvalue weighted by Crippen LogP contribution is 2.40. The molecule has 0 aromatic heterocycles. The van der Waals surface area contributed by atoms with E-state index in [0.29, 0.717) is 19.0 Å². The monoisotopic (exact) mass is 376 g/mol. The number of hydrogen-bond acceptors (Lipinski definition) is 4. The average Bonchev–Trinajstić information content (AvgIpc) is 2.73. The molecule has 3 aromatic rings. The third-order valence-electron chi connectivity index (χ3n) is 4.88. The largest absolute Gasteiger partial charge is 0.508 e. The Morgan fingerprint density at radius 1 is 1.00 bits per heavy atom. The van der Waals surface area contributed by atoms with Crippen LogP contribution in [0, 0.1) is 0 Å². The van der Waals surface area contributed by atoms with Gasteiger partial charge in [0.2, 0.25) is 0 Å². The summed E-state index contributed by atoms with van der Waals surface area (Å²) in [5, 5.41) is 9.77. The number of aromatic hydroxyl groups is 1. The Morgan fingerprint density at radius 3 is 2.68 bits per heavy atom. The maximum absolute atomic E-state index is 9.77. The van der Waals surface area contributed by atoms with Gasteiger partial charge < -0.3 is 19.3 Å². The number of benzene rings is 3. The Balaban J connectivity index is 1.51. The molecular weight excluding hydrogens is 352 g/mol. The van der Waals surface area contributed by atoms with Crippen molar-refractivity contribution in [1.29, 1.82) is 0 Å². The quantitative estimate of drug-likeness (QED) is 0.623.